The molecule has 1 amide bonds. The lowest BCUT2D eigenvalue weighted by atomic mass is 10.1. The van der Waals surface area contributed by atoms with Crippen LogP contribution < -0.4 is 10.2 Å². The number of hydrogen-bond donors (Lipinski definition) is 1. The average Bonchev–Trinajstić information content (AvgIpc) is 2.29. The van der Waals surface area contributed by atoms with E-state index in [4.69, 9.17) is 0 Å². The van der Waals surface area contributed by atoms with Crippen LogP contribution in [0.25, 0.3) is 0 Å². The fourth-order valence-electron chi connectivity index (χ4n) is 2.12. The molecule has 0 radical (unpaired) electrons. The fraction of sp³-hybridized carbons (Fsp3) is 0.400. The Labute approximate surface area is 95.3 Å². The van der Waals surface area contributed by atoms with Crippen molar-refractivity contribution in [1.29, 1.82) is 0 Å². The van der Waals surface area contributed by atoms with Gasteiger partial charge < -0.3 is 10.2 Å². The SMILES string of the molecule is O=C1Nc2cccnc2N2CCS(=O)CC12. The molecule has 3 heterocycles. The molecule has 2 unspecified atom stereocenters. The first kappa shape index (κ1) is 9.77. The van der Waals surface area contributed by atoms with E-state index in [1.165, 1.54) is 0 Å². The van der Waals surface area contributed by atoms with Crippen molar-refractivity contribution in [3.8, 4) is 0 Å². The van der Waals surface area contributed by atoms with Crippen LogP contribution in [0, 0.1) is 0 Å². The van der Waals surface area contributed by atoms with Crippen molar-refractivity contribution >= 4 is 28.2 Å². The standard InChI is InChI=1S/C10H11N3O2S/c14-10-8-6-16(15)5-4-13(8)9-7(12-10)2-1-3-11-9/h1-3,8H,4-6H2,(H,12,14). The number of nitrogens with one attached hydrogen (secondary N) is 1. The maximum Gasteiger partial charge on any atom is 0.248 e. The van der Waals surface area contributed by atoms with Gasteiger partial charge in [-0.25, -0.2) is 4.98 Å². The Morgan fingerprint density at radius 1 is 1.56 bits per heavy atom. The summed E-state index contributed by atoms with van der Waals surface area (Å²) in [6.07, 6.45) is 1.71. The molecule has 0 bridgehead atoms. The van der Waals surface area contributed by atoms with Gasteiger partial charge in [-0.05, 0) is 12.1 Å². The molecular weight excluding hydrogens is 226 g/mol. The molecule has 1 aromatic rings. The first-order chi connectivity index (χ1) is 7.75. The van der Waals surface area contributed by atoms with Crippen molar-refractivity contribution in [2.24, 2.45) is 0 Å². The highest BCUT2D eigenvalue weighted by Gasteiger charge is 2.37. The lowest BCUT2D eigenvalue weighted by molar-refractivity contribution is -0.117. The number of aromatic nitrogens is 1. The van der Waals surface area contributed by atoms with Crippen LogP contribution in [-0.4, -0.2) is 39.2 Å². The molecule has 1 fully saturated rings. The maximum atomic E-state index is 11.8. The highest BCUT2D eigenvalue weighted by molar-refractivity contribution is 7.85. The quantitative estimate of drug-likeness (QED) is 0.688. The summed E-state index contributed by atoms with van der Waals surface area (Å²) < 4.78 is 11.5. The highest BCUT2D eigenvalue weighted by Crippen LogP contribution is 2.30. The minimum Gasteiger partial charge on any atom is -0.341 e. The van der Waals surface area contributed by atoms with Gasteiger partial charge in [0.05, 0.1) is 11.4 Å². The molecule has 6 heteroatoms. The van der Waals surface area contributed by atoms with Crippen LogP contribution in [0.15, 0.2) is 18.3 Å². The normalized spacial score (nSPS) is 28.0. The molecule has 2 atom stereocenters. The second-order valence-electron chi connectivity index (χ2n) is 3.88. The van der Waals surface area contributed by atoms with Crippen LogP contribution in [0.4, 0.5) is 11.5 Å². The largest absolute Gasteiger partial charge is 0.341 e. The van der Waals surface area contributed by atoms with Gasteiger partial charge >= 0.3 is 0 Å². The molecule has 2 aliphatic heterocycles. The van der Waals surface area contributed by atoms with Crippen molar-refractivity contribution < 1.29 is 9.00 Å². The number of carbonyl (C=O) groups is 1. The van der Waals surface area contributed by atoms with Gasteiger partial charge in [0.25, 0.3) is 0 Å². The summed E-state index contributed by atoms with van der Waals surface area (Å²) in [5, 5.41) is 2.80. The van der Waals surface area contributed by atoms with E-state index >= 15 is 0 Å². The molecule has 1 aromatic heterocycles. The predicted octanol–water partition coefficient (Wildman–Crippen LogP) is -0.0290. The highest BCUT2D eigenvalue weighted by atomic mass is 32.2. The second-order valence-corrected chi connectivity index (χ2v) is 5.50. The summed E-state index contributed by atoms with van der Waals surface area (Å²) in [4.78, 5) is 18.1. The van der Waals surface area contributed by atoms with Crippen LogP contribution in [0.3, 0.4) is 0 Å². The number of anilines is 2. The van der Waals surface area contributed by atoms with E-state index in [-0.39, 0.29) is 11.9 Å². The summed E-state index contributed by atoms with van der Waals surface area (Å²) in [5.74, 6) is 1.74. The summed E-state index contributed by atoms with van der Waals surface area (Å²) in [5.41, 5.74) is 0.747. The molecular formula is C10H11N3O2S. The van der Waals surface area contributed by atoms with Gasteiger partial charge in [0.2, 0.25) is 5.91 Å². The van der Waals surface area contributed by atoms with E-state index in [1.54, 1.807) is 12.3 Å². The number of nitrogens with zero attached hydrogens (tertiary/aromatic N) is 2. The van der Waals surface area contributed by atoms with E-state index in [0.717, 1.165) is 11.5 Å². The summed E-state index contributed by atoms with van der Waals surface area (Å²) >= 11 is 0. The molecule has 0 aromatic carbocycles. The summed E-state index contributed by atoms with van der Waals surface area (Å²) in [6.45, 7) is 0.634. The first-order valence-electron chi connectivity index (χ1n) is 5.13. The Kier molecular flexibility index (Phi) is 2.17. The third-order valence-corrected chi connectivity index (χ3v) is 4.22. The van der Waals surface area contributed by atoms with E-state index in [1.807, 2.05) is 11.0 Å². The fourth-order valence-corrected chi connectivity index (χ4v) is 3.37. The van der Waals surface area contributed by atoms with E-state index in [9.17, 15) is 9.00 Å². The minimum atomic E-state index is -0.886. The molecule has 1 saturated heterocycles. The third-order valence-electron chi connectivity index (χ3n) is 2.90. The van der Waals surface area contributed by atoms with E-state index in [0.29, 0.717) is 18.1 Å². The lowest BCUT2D eigenvalue weighted by Crippen LogP contribution is -2.55. The molecule has 5 nitrogen and oxygen atoms in total. The van der Waals surface area contributed by atoms with E-state index < -0.39 is 10.8 Å². The molecule has 0 spiro atoms. The van der Waals surface area contributed by atoms with Gasteiger partial charge in [0.1, 0.15) is 6.04 Å². The van der Waals surface area contributed by atoms with Crippen LogP contribution in [0.2, 0.25) is 0 Å². The van der Waals surface area contributed by atoms with Crippen molar-refractivity contribution in [3.63, 3.8) is 0 Å². The van der Waals surface area contributed by atoms with Gasteiger partial charge in [-0.3, -0.25) is 9.00 Å². The Morgan fingerprint density at radius 2 is 2.44 bits per heavy atom. The monoisotopic (exact) mass is 237 g/mol. The van der Waals surface area contributed by atoms with Crippen LogP contribution in [-0.2, 0) is 15.6 Å². The molecule has 0 aliphatic carbocycles. The zero-order chi connectivity index (χ0) is 11.1. The molecule has 84 valence electrons. The number of rotatable bonds is 0. The Hall–Kier alpha value is -1.43. The molecule has 1 N–H and O–H groups in total. The van der Waals surface area contributed by atoms with Crippen molar-refractivity contribution in [2.45, 2.75) is 6.04 Å². The second kappa shape index (κ2) is 3.55. The van der Waals surface area contributed by atoms with Gasteiger partial charge in [0.15, 0.2) is 5.82 Å². The van der Waals surface area contributed by atoms with Crippen molar-refractivity contribution in [1.82, 2.24) is 4.98 Å². The van der Waals surface area contributed by atoms with Gasteiger partial charge in [-0.2, -0.15) is 0 Å². The van der Waals surface area contributed by atoms with Crippen LogP contribution in [0.1, 0.15) is 0 Å². The number of pyridine rings is 1. The Balaban J connectivity index is 2.04. The zero-order valence-corrected chi connectivity index (χ0v) is 9.37. The topological polar surface area (TPSA) is 62.3 Å². The smallest absolute Gasteiger partial charge is 0.248 e. The number of fused-ring (bicyclic) bond motifs is 3. The Morgan fingerprint density at radius 3 is 3.31 bits per heavy atom. The van der Waals surface area contributed by atoms with E-state index in [2.05, 4.69) is 10.3 Å². The van der Waals surface area contributed by atoms with Crippen LogP contribution >= 0.6 is 0 Å². The molecule has 0 saturated carbocycles. The average molecular weight is 237 g/mol. The maximum absolute atomic E-state index is 11.8. The number of amides is 1. The third kappa shape index (κ3) is 1.41. The van der Waals surface area contributed by atoms with Gasteiger partial charge in [0, 0.05) is 29.3 Å². The summed E-state index contributed by atoms with van der Waals surface area (Å²) in [6, 6.07) is 3.31. The Bertz CT molecular complexity index is 477. The molecule has 3 rings (SSSR count). The zero-order valence-electron chi connectivity index (χ0n) is 8.55. The van der Waals surface area contributed by atoms with Gasteiger partial charge in [-0.1, -0.05) is 0 Å². The van der Waals surface area contributed by atoms with Crippen LogP contribution in [0.5, 0.6) is 0 Å². The molecule has 2 aliphatic rings. The number of carbonyl (C=O) groups excluding carboxylic acids is 1. The lowest BCUT2D eigenvalue weighted by Gasteiger charge is -2.39. The van der Waals surface area contributed by atoms with Gasteiger partial charge in [-0.15, -0.1) is 0 Å². The summed E-state index contributed by atoms with van der Waals surface area (Å²) in [7, 11) is -0.886. The van der Waals surface area contributed by atoms with Crippen molar-refractivity contribution in [3.05, 3.63) is 18.3 Å². The van der Waals surface area contributed by atoms with Crippen molar-refractivity contribution in [2.75, 3.05) is 28.3 Å². The number of hydrogen-bond acceptors (Lipinski definition) is 4. The predicted molar refractivity (Wildman–Crippen MR) is 61.9 cm³/mol. The molecule has 16 heavy (non-hydrogen) atoms. The first-order valence-corrected chi connectivity index (χ1v) is 6.62. The minimum absolute atomic E-state index is 0.0754.